The molecule has 0 spiro atoms. The fourth-order valence-corrected chi connectivity index (χ4v) is 1.74. The average molecular weight is 284 g/mol. The predicted octanol–water partition coefficient (Wildman–Crippen LogP) is 4.24. The molecule has 0 saturated carbocycles. The van der Waals surface area contributed by atoms with Crippen LogP contribution in [0, 0.1) is 11.6 Å². The lowest BCUT2D eigenvalue weighted by Crippen LogP contribution is -2.00. The summed E-state index contributed by atoms with van der Waals surface area (Å²) in [4.78, 5) is 0. The molecule has 2 rings (SSSR count). The molecule has 2 nitrogen and oxygen atoms in total. The minimum Gasteiger partial charge on any atom is -0.494 e. The van der Waals surface area contributed by atoms with Crippen LogP contribution in [0.25, 0.3) is 0 Å². The van der Waals surface area contributed by atoms with Crippen LogP contribution in [0.4, 0.5) is 14.5 Å². The van der Waals surface area contributed by atoms with Crippen molar-refractivity contribution in [2.75, 3.05) is 12.4 Å². The van der Waals surface area contributed by atoms with Gasteiger partial charge in [0.15, 0.2) is 11.6 Å². The van der Waals surface area contributed by atoms with Crippen molar-refractivity contribution in [3.8, 4) is 5.75 Å². The van der Waals surface area contributed by atoms with Crippen molar-refractivity contribution >= 4 is 17.3 Å². The number of rotatable bonds is 4. The minimum atomic E-state index is -0.461. The summed E-state index contributed by atoms with van der Waals surface area (Å²) >= 11 is 5.60. The van der Waals surface area contributed by atoms with E-state index in [9.17, 15) is 8.78 Å². The van der Waals surface area contributed by atoms with Crippen molar-refractivity contribution in [1.82, 2.24) is 0 Å². The second-order valence-electron chi connectivity index (χ2n) is 3.95. The summed E-state index contributed by atoms with van der Waals surface area (Å²) in [7, 11) is 1.40. The standard InChI is InChI=1S/C14H12ClF2NO/c1-19-14-7-10(3-5-12(14)16)18-8-9-2-4-11(15)13(17)6-9/h2-7,18H,8H2,1H3. The number of methoxy groups -OCH3 is 1. The Balaban J connectivity index is 2.07. The van der Waals surface area contributed by atoms with Gasteiger partial charge in [-0.05, 0) is 29.8 Å². The molecule has 2 aromatic rings. The highest BCUT2D eigenvalue weighted by atomic mass is 35.5. The van der Waals surface area contributed by atoms with Crippen molar-refractivity contribution in [2.45, 2.75) is 6.54 Å². The van der Waals surface area contributed by atoms with E-state index in [1.165, 1.54) is 25.3 Å². The number of ether oxygens (including phenoxy) is 1. The molecule has 1 N–H and O–H groups in total. The van der Waals surface area contributed by atoms with Gasteiger partial charge < -0.3 is 10.1 Å². The first-order valence-electron chi connectivity index (χ1n) is 5.61. The first-order chi connectivity index (χ1) is 9.10. The van der Waals surface area contributed by atoms with Gasteiger partial charge in [-0.15, -0.1) is 0 Å². The van der Waals surface area contributed by atoms with Gasteiger partial charge >= 0.3 is 0 Å². The Hall–Kier alpha value is -1.81. The van der Waals surface area contributed by atoms with Crippen molar-refractivity contribution in [3.05, 3.63) is 58.6 Å². The molecule has 0 aliphatic heterocycles. The lowest BCUT2D eigenvalue weighted by Gasteiger charge is -2.09. The Bertz CT molecular complexity index is 590. The molecule has 0 unspecified atom stereocenters. The smallest absolute Gasteiger partial charge is 0.165 e. The molecule has 2 aromatic carbocycles. The largest absolute Gasteiger partial charge is 0.494 e. The van der Waals surface area contributed by atoms with E-state index >= 15 is 0 Å². The van der Waals surface area contributed by atoms with Crippen LogP contribution < -0.4 is 10.1 Å². The van der Waals surface area contributed by atoms with Gasteiger partial charge in [0, 0.05) is 18.3 Å². The number of benzene rings is 2. The molecule has 0 amide bonds. The second-order valence-corrected chi connectivity index (χ2v) is 4.36. The van der Waals surface area contributed by atoms with E-state index in [0.29, 0.717) is 12.2 Å². The molecule has 0 fully saturated rings. The van der Waals surface area contributed by atoms with Gasteiger partial charge in [0.25, 0.3) is 0 Å². The molecule has 5 heteroatoms. The number of nitrogens with one attached hydrogen (secondary N) is 1. The molecule has 0 aliphatic rings. The molecule has 0 heterocycles. The molecule has 0 radical (unpaired) electrons. The zero-order valence-electron chi connectivity index (χ0n) is 10.2. The number of hydrogen-bond acceptors (Lipinski definition) is 2. The van der Waals surface area contributed by atoms with Crippen LogP contribution in [-0.2, 0) is 6.54 Å². The lowest BCUT2D eigenvalue weighted by atomic mass is 10.2. The van der Waals surface area contributed by atoms with E-state index in [4.69, 9.17) is 16.3 Å². The lowest BCUT2D eigenvalue weighted by molar-refractivity contribution is 0.387. The summed E-state index contributed by atoms with van der Waals surface area (Å²) in [5.41, 5.74) is 1.43. The molecule has 19 heavy (non-hydrogen) atoms. The van der Waals surface area contributed by atoms with E-state index < -0.39 is 11.6 Å². The zero-order chi connectivity index (χ0) is 13.8. The third-order valence-corrected chi connectivity index (χ3v) is 2.94. The predicted molar refractivity (Wildman–Crippen MR) is 71.7 cm³/mol. The Morgan fingerprint density at radius 2 is 1.89 bits per heavy atom. The summed E-state index contributed by atoms with van der Waals surface area (Å²) in [6, 6.07) is 9.02. The molecule has 0 saturated heterocycles. The molecule has 100 valence electrons. The van der Waals surface area contributed by atoms with Gasteiger partial charge in [-0.2, -0.15) is 0 Å². The van der Waals surface area contributed by atoms with Gasteiger partial charge in [-0.25, -0.2) is 8.78 Å². The van der Waals surface area contributed by atoms with Crippen molar-refractivity contribution in [1.29, 1.82) is 0 Å². The highest BCUT2D eigenvalue weighted by Crippen LogP contribution is 2.22. The summed E-state index contributed by atoms with van der Waals surface area (Å²) in [5, 5.41) is 3.14. The van der Waals surface area contributed by atoms with Crippen LogP contribution in [0.1, 0.15) is 5.56 Å². The molecular formula is C14H12ClF2NO. The Morgan fingerprint density at radius 3 is 2.58 bits per heavy atom. The SMILES string of the molecule is COc1cc(NCc2ccc(Cl)c(F)c2)ccc1F. The number of anilines is 1. The highest BCUT2D eigenvalue weighted by molar-refractivity contribution is 6.30. The fraction of sp³-hybridized carbons (Fsp3) is 0.143. The van der Waals surface area contributed by atoms with Crippen LogP contribution in [0.3, 0.4) is 0 Å². The van der Waals surface area contributed by atoms with E-state index in [1.807, 2.05) is 0 Å². The zero-order valence-corrected chi connectivity index (χ0v) is 11.0. The van der Waals surface area contributed by atoms with Crippen molar-refractivity contribution in [2.24, 2.45) is 0 Å². The van der Waals surface area contributed by atoms with Gasteiger partial charge in [-0.3, -0.25) is 0 Å². The summed E-state index contributed by atoms with van der Waals surface area (Å²) in [5.74, 6) is -0.726. The van der Waals surface area contributed by atoms with Gasteiger partial charge in [0.05, 0.1) is 12.1 Å². The molecule has 0 bridgehead atoms. The van der Waals surface area contributed by atoms with Crippen LogP contribution >= 0.6 is 11.6 Å². The Kier molecular flexibility index (Phi) is 4.22. The maximum atomic E-state index is 13.2. The average Bonchev–Trinajstić information content (AvgIpc) is 2.41. The topological polar surface area (TPSA) is 21.3 Å². The van der Waals surface area contributed by atoms with Crippen molar-refractivity contribution in [3.63, 3.8) is 0 Å². The number of hydrogen-bond donors (Lipinski definition) is 1. The minimum absolute atomic E-state index is 0.0900. The fourth-order valence-electron chi connectivity index (χ4n) is 1.62. The monoisotopic (exact) mass is 283 g/mol. The van der Waals surface area contributed by atoms with E-state index in [0.717, 1.165) is 5.56 Å². The third-order valence-electron chi connectivity index (χ3n) is 2.63. The maximum Gasteiger partial charge on any atom is 0.165 e. The van der Waals surface area contributed by atoms with Crippen LogP contribution in [0.15, 0.2) is 36.4 Å². The molecule has 0 atom stereocenters. The Labute approximate surface area is 115 Å². The summed E-state index contributed by atoms with van der Waals surface area (Å²) in [6.07, 6.45) is 0. The normalized spacial score (nSPS) is 10.3. The van der Waals surface area contributed by atoms with E-state index in [-0.39, 0.29) is 10.8 Å². The van der Waals surface area contributed by atoms with E-state index in [1.54, 1.807) is 18.2 Å². The van der Waals surface area contributed by atoms with E-state index in [2.05, 4.69) is 5.32 Å². The van der Waals surface area contributed by atoms with Crippen LogP contribution in [0.5, 0.6) is 5.75 Å². The molecule has 0 aromatic heterocycles. The highest BCUT2D eigenvalue weighted by Gasteiger charge is 2.04. The van der Waals surface area contributed by atoms with Crippen LogP contribution in [-0.4, -0.2) is 7.11 Å². The van der Waals surface area contributed by atoms with Gasteiger partial charge in [-0.1, -0.05) is 17.7 Å². The first kappa shape index (κ1) is 13.6. The summed E-state index contributed by atoms with van der Waals surface area (Å²) < 4.78 is 31.3. The third kappa shape index (κ3) is 3.35. The number of halogens is 3. The molecule has 0 aliphatic carbocycles. The van der Waals surface area contributed by atoms with Crippen LogP contribution in [0.2, 0.25) is 5.02 Å². The van der Waals surface area contributed by atoms with Gasteiger partial charge in [0.2, 0.25) is 0 Å². The van der Waals surface area contributed by atoms with Crippen molar-refractivity contribution < 1.29 is 13.5 Å². The maximum absolute atomic E-state index is 13.2. The first-order valence-corrected chi connectivity index (χ1v) is 5.99. The quantitative estimate of drug-likeness (QED) is 0.906. The van der Waals surface area contributed by atoms with Gasteiger partial charge in [0.1, 0.15) is 5.82 Å². The Morgan fingerprint density at radius 1 is 1.11 bits per heavy atom. The molecular weight excluding hydrogens is 272 g/mol. The second kappa shape index (κ2) is 5.89. The summed E-state index contributed by atoms with van der Waals surface area (Å²) in [6.45, 7) is 0.406.